The lowest BCUT2D eigenvalue weighted by Gasteiger charge is -2.14. The fourth-order valence-electron chi connectivity index (χ4n) is 1.49. The Morgan fingerprint density at radius 1 is 0.727 bits per heavy atom. The second-order valence-corrected chi connectivity index (χ2v) is 11.9. The molecule has 0 saturated heterocycles. The Hall–Kier alpha value is 0.340. The third-order valence-corrected chi connectivity index (χ3v) is 10.7. The Morgan fingerprint density at radius 2 is 1.09 bits per heavy atom. The van der Waals surface area contributed by atoms with Crippen LogP contribution in [0.4, 0.5) is 0 Å². The van der Waals surface area contributed by atoms with E-state index in [2.05, 4.69) is 13.8 Å². The second-order valence-electron chi connectivity index (χ2n) is 4.79. The highest BCUT2D eigenvalue weighted by atomic mass is 32.3. The van der Waals surface area contributed by atoms with Crippen LogP contribution in [0.15, 0.2) is 8.47 Å². The summed E-state index contributed by atoms with van der Waals surface area (Å²) < 4.78 is 49.5. The first-order valence-corrected chi connectivity index (χ1v) is 13.0. The van der Waals surface area contributed by atoms with Crippen LogP contribution in [0.5, 0.6) is 0 Å². The maximum absolute atomic E-state index is 12.3. The van der Waals surface area contributed by atoms with Gasteiger partial charge in [-0.15, -0.1) is 23.5 Å². The molecule has 0 unspecified atom stereocenters. The van der Waals surface area contributed by atoms with Gasteiger partial charge in [-0.1, -0.05) is 40.5 Å². The zero-order valence-electron chi connectivity index (χ0n) is 13.9. The van der Waals surface area contributed by atoms with Gasteiger partial charge in [-0.2, -0.15) is 0 Å². The maximum atomic E-state index is 12.3. The van der Waals surface area contributed by atoms with E-state index in [4.69, 9.17) is 0 Å². The molecule has 0 atom stereocenters. The third kappa shape index (κ3) is 7.27. The second kappa shape index (κ2) is 11.0. The molecule has 0 aromatic heterocycles. The van der Waals surface area contributed by atoms with Crippen molar-refractivity contribution in [3.63, 3.8) is 0 Å². The van der Waals surface area contributed by atoms with E-state index in [0.717, 1.165) is 37.2 Å². The van der Waals surface area contributed by atoms with E-state index in [-0.39, 0.29) is 15.7 Å². The number of rotatable bonds is 12. The van der Waals surface area contributed by atoms with Crippen LogP contribution in [-0.2, 0) is 19.7 Å². The van der Waals surface area contributed by atoms with Gasteiger partial charge in [0.15, 0.2) is 23.9 Å². The molecule has 0 bridgehead atoms. The lowest BCUT2D eigenvalue weighted by atomic mass is 10.4. The summed E-state index contributed by atoms with van der Waals surface area (Å²) in [4.78, 5) is 0. The Morgan fingerprint density at radius 3 is 1.36 bits per heavy atom. The first-order valence-electron chi connectivity index (χ1n) is 7.72. The smallest absolute Gasteiger partial charge is 0.190 e. The molecule has 0 aliphatic heterocycles. The molecule has 4 nitrogen and oxygen atoms in total. The van der Waals surface area contributed by atoms with Crippen molar-refractivity contribution in [2.75, 3.05) is 23.0 Å². The summed E-state index contributed by atoms with van der Waals surface area (Å²) in [6, 6.07) is 0. The molecule has 0 N–H and O–H groups in total. The molecule has 132 valence electrons. The Labute approximate surface area is 144 Å². The van der Waals surface area contributed by atoms with Crippen LogP contribution in [0.2, 0.25) is 0 Å². The zero-order valence-corrected chi connectivity index (χ0v) is 17.2. The number of hydrogen-bond donors (Lipinski definition) is 0. The number of sulfone groups is 2. The number of unbranched alkanes of at least 4 members (excludes halogenated alkanes) is 2. The minimum Gasteiger partial charge on any atom is -0.223 e. The molecule has 0 aromatic rings. The van der Waals surface area contributed by atoms with Crippen LogP contribution in [0.25, 0.3) is 0 Å². The Kier molecular flexibility index (Phi) is 11.2. The molecule has 0 spiro atoms. The standard InChI is InChI=1S/C14H28O4S4/c1-5-9-11-19-13(20-12-10-6-2)14(21(15,16)7-3)22(17,18)8-4/h5-12H2,1-4H3. The molecule has 0 heterocycles. The lowest BCUT2D eigenvalue weighted by Crippen LogP contribution is -2.19. The van der Waals surface area contributed by atoms with Crippen LogP contribution in [0.1, 0.15) is 53.4 Å². The van der Waals surface area contributed by atoms with Gasteiger partial charge >= 0.3 is 0 Å². The van der Waals surface area contributed by atoms with E-state index < -0.39 is 19.7 Å². The summed E-state index contributed by atoms with van der Waals surface area (Å²) in [7, 11) is -7.51. The highest BCUT2D eigenvalue weighted by Gasteiger charge is 2.32. The Bertz CT molecular complexity index is 499. The van der Waals surface area contributed by atoms with Crippen molar-refractivity contribution >= 4 is 43.2 Å². The largest absolute Gasteiger partial charge is 0.223 e. The van der Waals surface area contributed by atoms with Gasteiger partial charge in [0.05, 0.1) is 15.7 Å². The Balaban J connectivity index is 5.83. The molecular weight excluding hydrogens is 360 g/mol. The molecule has 0 amide bonds. The van der Waals surface area contributed by atoms with Crippen LogP contribution >= 0.6 is 23.5 Å². The first-order chi connectivity index (χ1) is 10.3. The van der Waals surface area contributed by atoms with Gasteiger partial charge in [-0.05, 0) is 24.3 Å². The molecule has 0 radical (unpaired) electrons. The summed E-state index contributed by atoms with van der Waals surface area (Å²) >= 11 is 2.75. The summed E-state index contributed by atoms with van der Waals surface area (Å²) in [5.74, 6) is 1.11. The van der Waals surface area contributed by atoms with E-state index in [1.54, 1.807) is 0 Å². The van der Waals surface area contributed by atoms with E-state index in [1.165, 1.54) is 37.4 Å². The van der Waals surface area contributed by atoms with Crippen molar-refractivity contribution in [1.29, 1.82) is 0 Å². The molecule has 8 heteroatoms. The van der Waals surface area contributed by atoms with Crippen LogP contribution in [0.3, 0.4) is 0 Å². The van der Waals surface area contributed by atoms with Crippen molar-refractivity contribution < 1.29 is 16.8 Å². The average molecular weight is 389 g/mol. The highest BCUT2D eigenvalue weighted by molar-refractivity contribution is 8.25. The van der Waals surface area contributed by atoms with E-state index in [0.29, 0.717) is 4.24 Å². The SMILES string of the molecule is CCCCSC(SCCCC)=C(S(=O)(=O)CC)S(=O)(=O)CC. The van der Waals surface area contributed by atoms with E-state index in [9.17, 15) is 16.8 Å². The van der Waals surface area contributed by atoms with E-state index in [1.807, 2.05) is 0 Å². The molecule has 0 saturated carbocycles. The van der Waals surface area contributed by atoms with Crippen LogP contribution in [0, 0.1) is 0 Å². The van der Waals surface area contributed by atoms with Crippen molar-refractivity contribution in [1.82, 2.24) is 0 Å². The van der Waals surface area contributed by atoms with Crippen LogP contribution in [-0.4, -0.2) is 39.8 Å². The minimum absolute atomic E-state index is 0.187. The molecule has 22 heavy (non-hydrogen) atoms. The van der Waals surface area contributed by atoms with Gasteiger partial charge in [-0.25, -0.2) is 16.8 Å². The summed E-state index contributed by atoms with van der Waals surface area (Å²) in [5, 5.41) is 0. The van der Waals surface area contributed by atoms with Crippen molar-refractivity contribution in [3.05, 3.63) is 8.47 Å². The van der Waals surface area contributed by atoms with Crippen LogP contribution < -0.4 is 0 Å². The fourth-order valence-corrected chi connectivity index (χ4v) is 9.31. The van der Waals surface area contributed by atoms with Gasteiger partial charge < -0.3 is 0 Å². The molecule has 0 fully saturated rings. The van der Waals surface area contributed by atoms with Crippen molar-refractivity contribution in [3.8, 4) is 0 Å². The summed E-state index contributed by atoms with van der Waals surface area (Å²) in [6.07, 6.45) is 3.87. The molecule has 0 aromatic carbocycles. The van der Waals surface area contributed by atoms with Gasteiger partial charge in [0.25, 0.3) is 0 Å². The maximum Gasteiger partial charge on any atom is 0.190 e. The van der Waals surface area contributed by atoms with Gasteiger partial charge in [-0.3, -0.25) is 0 Å². The van der Waals surface area contributed by atoms with Gasteiger partial charge in [0.1, 0.15) is 0 Å². The van der Waals surface area contributed by atoms with Gasteiger partial charge in [0.2, 0.25) is 0 Å². The number of thioether (sulfide) groups is 2. The normalized spacial score (nSPS) is 12.4. The molecule has 0 aliphatic carbocycles. The summed E-state index contributed by atoms with van der Waals surface area (Å²) in [5.41, 5.74) is 0. The molecular formula is C14H28O4S4. The topological polar surface area (TPSA) is 68.3 Å². The third-order valence-electron chi connectivity index (χ3n) is 2.95. The van der Waals surface area contributed by atoms with Crippen molar-refractivity contribution in [2.24, 2.45) is 0 Å². The quantitative estimate of drug-likeness (QED) is 0.470. The zero-order chi connectivity index (χ0) is 17.2. The average Bonchev–Trinajstić information content (AvgIpc) is 2.47. The monoisotopic (exact) mass is 388 g/mol. The predicted molar refractivity (Wildman–Crippen MR) is 101 cm³/mol. The highest BCUT2D eigenvalue weighted by Crippen LogP contribution is 2.38. The summed E-state index contributed by atoms with van der Waals surface area (Å²) in [6.45, 7) is 7.10. The lowest BCUT2D eigenvalue weighted by molar-refractivity contribution is 0.596. The van der Waals surface area contributed by atoms with Crippen molar-refractivity contribution in [2.45, 2.75) is 53.4 Å². The predicted octanol–water partition coefficient (Wildman–Crippen LogP) is 4.05. The molecule has 0 rings (SSSR count). The first kappa shape index (κ1) is 22.3. The van der Waals surface area contributed by atoms with Gasteiger partial charge in [0, 0.05) is 0 Å². The van der Waals surface area contributed by atoms with E-state index >= 15 is 0 Å². The fraction of sp³-hybridized carbons (Fsp3) is 0.857. The minimum atomic E-state index is -3.75. The molecule has 0 aliphatic rings. The number of hydrogen-bond acceptors (Lipinski definition) is 6.